The first kappa shape index (κ1) is 20.5. The molecule has 0 aliphatic rings. The minimum atomic E-state index is -3.21. The van der Waals surface area contributed by atoms with E-state index in [0.29, 0.717) is 5.75 Å². The van der Waals surface area contributed by atoms with Crippen LogP contribution in [0.3, 0.4) is 0 Å². The fourth-order valence-corrected chi connectivity index (χ4v) is 4.18. The summed E-state index contributed by atoms with van der Waals surface area (Å²) in [5.74, 6) is 1.19. The summed E-state index contributed by atoms with van der Waals surface area (Å²) < 4.78 is 23.1. The number of nitrogens with one attached hydrogen (secondary N) is 1. The second-order valence-electron chi connectivity index (χ2n) is 6.29. The van der Waals surface area contributed by atoms with Gasteiger partial charge in [-0.3, -0.25) is 4.79 Å². The molecule has 26 heavy (non-hydrogen) atoms. The molecule has 0 aromatic heterocycles. The first-order valence-corrected chi connectivity index (χ1v) is 11.6. The summed E-state index contributed by atoms with van der Waals surface area (Å²) in [4.78, 5) is 12.5. The van der Waals surface area contributed by atoms with Gasteiger partial charge in [0.05, 0.1) is 16.7 Å². The standard InChI is InChI=1S/C20H25NO3S2/c1-4-19(16-9-11-18(12-10-16)26(3,23)24)21-20(22)14-25-13-17-8-6-5-7-15(17)2/h5-12,19H,4,13-14H2,1-3H3,(H,21,22)/t19-/m0/s1. The van der Waals surface area contributed by atoms with E-state index in [9.17, 15) is 13.2 Å². The van der Waals surface area contributed by atoms with Gasteiger partial charge in [0.15, 0.2) is 9.84 Å². The van der Waals surface area contributed by atoms with Crippen LogP contribution in [0.2, 0.25) is 0 Å². The number of hydrogen-bond acceptors (Lipinski definition) is 4. The molecule has 2 aromatic carbocycles. The van der Waals surface area contributed by atoms with Crippen molar-refractivity contribution in [2.45, 2.75) is 37.0 Å². The first-order valence-electron chi connectivity index (χ1n) is 8.53. The Kier molecular flexibility index (Phi) is 7.29. The topological polar surface area (TPSA) is 63.2 Å². The van der Waals surface area contributed by atoms with Crippen molar-refractivity contribution in [1.82, 2.24) is 5.32 Å². The van der Waals surface area contributed by atoms with Crippen LogP contribution in [-0.4, -0.2) is 26.3 Å². The van der Waals surface area contributed by atoms with Crippen LogP contribution < -0.4 is 5.32 Å². The maximum atomic E-state index is 12.3. The Morgan fingerprint density at radius 3 is 2.35 bits per heavy atom. The lowest BCUT2D eigenvalue weighted by Crippen LogP contribution is -2.29. The van der Waals surface area contributed by atoms with Crippen LogP contribution in [0.15, 0.2) is 53.4 Å². The molecule has 6 heteroatoms. The lowest BCUT2D eigenvalue weighted by atomic mass is 10.0. The number of aryl methyl sites for hydroxylation is 1. The summed E-state index contributed by atoms with van der Waals surface area (Å²) in [5, 5.41) is 3.03. The molecule has 0 unspecified atom stereocenters. The molecule has 0 aliphatic carbocycles. The average molecular weight is 392 g/mol. The Bertz CT molecular complexity index is 846. The second-order valence-corrected chi connectivity index (χ2v) is 9.29. The lowest BCUT2D eigenvalue weighted by Gasteiger charge is -2.18. The van der Waals surface area contributed by atoms with Crippen molar-refractivity contribution in [2.75, 3.05) is 12.0 Å². The predicted octanol–water partition coefficient (Wildman–Crippen LogP) is 3.90. The maximum absolute atomic E-state index is 12.3. The van der Waals surface area contributed by atoms with E-state index < -0.39 is 9.84 Å². The number of hydrogen-bond donors (Lipinski definition) is 1. The summed E-state index contributed by atoms with van der Waals surface area (Å²) >= 11 is 1.59. The molecular formula is C20H25NO3S2. The van der Waals surface area contributed by atoms with Gasteiger partial charge in [-0.05, 0) is 42.2 Å². The van der Waals surface area contributed by atoms with Gasteiger partial charge < -0.3 is 5.32 Å². The van der Waals surface area contributed by atoms with Crippen molar-refractivity contribution in [1.29, 1.82) is 0 Å². The molecule has 2 aromatic rings. The molecular weight excluding hydrogens is 366 g/mol. The highest BCUT2D eigenvalue weighted by Gasteiger charge is 2.14. The van der Waals surface area contributed by atoms with E-state index in [1.807, 2.05) is 19.1 Å². The first-order chi connectivity index (χ1) is 12.3. The van der Waals surface area contributed by atoms with Crippen molar-refractivity contribution >= 4 is 27.5 Å². The Morgan fingerprint density at radius 2 is 1.77 bits per heavy atom. The van der Waals surface area contributed by atoms with E-state index in [-0.39, 0.29) is 16.8 Å². The molecule has 0 saturated carbocycles. The third kappa shape index (κ3) is 5.88. The molecule has 0 fully saturated rings. The normalized spacial score (nSPS) is 12.6. The second kappa shape index (κ2) is 9.24. The zero-order valence-corrected chi connectivity index (χ0v) is 17.0. The van der Waals surface area contributed by atoms with Gasteiger partial charge in [-0.2, -0.15) is 0 Å². The highest BCUT2D eigenvalue weighted by Crippen LogP contribution is 2.20. The summed E-state index contributed by atoms with van der Waals surface area (Å²) in [7, 11) is -3.21. The molecule has 1 atom stereocenters. The zero-order valence-electron chi connectivity index (χ0n) is 15.4. The van der Waals surface area contributed by atoms with Crippen LogP contribution in [0.5, 0.6) is 0 Å². The molecule has 0 radical (unpaired) electrons. The average Bonchev–Trinajstić information content (AvgIpc) is 2.61. The highest BCUT2D eigenvalue weighted by molar-refractivity contribution is 7.99. The monoisotopic (exact) mass is 391 g/mol. The summed E-state index contributed by atoms with van der Waals surface area (Å²) in [6.45, 7) is 4.07. The molecule has 0 aliphatic heterocycles. The Hall–Kier alpha value is -1.79. The van der Waals surface area contributed by atoms with Gasteiger partial charge in [-0.15, -0.1) is 11.8 Å². The number of carbonyl (C=O) groups excluding carboxylic acids is 1. The fourth-order valence-electron chi connectivity index (χ4n) is 2.63. The van der Waals surface area contributed by atoms with Crippen LogP contribution in [0.1, 0.15) is 36.1 Å². The molecule has 1 amide bonds. The van der Waals surface area contributed by atoms with E-state index in [4.69, 9.17) is 0 Å². The molecule has 2 rings (SSSR count). The van der Waals surface area contributed by atoms with Crippen LogP contribution in [0.4, 0.5) is 0 Å². The van der Waals surface area contributed by atoms with E-state index in [2.05, 4.69) is 24.4 Å². The van der Waals surface area contributed by atoms with E-state index >= 15 is 0 Å². The van der Waals surface area contributed by atoms with Crippen molar-refractivity contribution in [3.63, 3.8) is 0 Å². The van der Waals surface area contributed by atoms with Crippen LogP contribution in [0.25, 0.3) is 0 Å². The van der Waals surface area contributed by atoms with Crippen molar-refractivity contribution < 1.29 is 13.2 Å². The zero-order chi connectivity index (χ0) is 19.2. The minimum absolute atomic E-state index is 0.0115. The van der Waals surface area contributed by atoms with E-state index in [1.54, 1.807) is 36.0 Å². The van der Waals surface area contributed by atoms with Gasteiger partial charge in [-0.1, -0.05) is 43.3 Å². The van der Waals surface area contributed by atoms with E-state index in [1.165, 1.54) is 17.4 Å². The largest absolute Gasteiger partial charge is 0.349 e. The predicted molar refractivity (Wildman–Crippen MR) is 108 cm³/mol. The van der Waals surface area contributed by atoms with Crippen LogP contribution in [0, 0.1) is 6.92 Å². The number of carbonyl (C=O) groups is 1. The Morgan fingerprint density at radius 1 is 1.12 bits per heavy atom. The summed E-state index contributed by atoms with van der Waals surface area (Å²) in [6, 6.07) is 14.8. The number of thioether (sulfide) groups is 1. The number of rotatable bonds is 8. The molecule has 0 heterocycles. The van der Waals surface area contributed by atoms with Gasteiger partial charge in [-0.25, -0.2) is 8.42 Å². The molecule has 140 valence electrons. The molecule has 0 bridgehead atoms. The number of amides is 1. The van der Waals surface area contributed by atoms with Gasteiger partial charge in [0.2, 0.25) is 5.91 Å². The summed E-state index contributed by atoms with van der Waals surface area (Å²) in [6.07, 6.45) is 1.93. The minimum Gasteiger partial charge on any atom is -0.349 e. The van der Waals surface area contributed by atoms with Crippen LogP contribution in [-0.2, 0) is 20.4 Å². The maximum Gasteiger partial charge on any atom is 0.230 e. The Balaban J connectivity index is 1.90. The van der Waals surface area contributed by atoms with Crippen molar-refractivity contribution in [2.24, 2.45) is 0 Å². The summed E-state index contributed by atoms with van der Waals surface area (Å²) in [5.41, 5.74) is 3.39. The number of sulfone groups is 1. The molecule has 4 nitrogen and oxygen atoms in total. The van der Waals surface area contributed by atoms with Gasteiger partial charge >= 0.3 is 0 Å². The van der Waals surface area contributed by atoms with Crippen LogP contribution >= 0.6 is 11.8 Å². The van der Waals surface area contributed by atoms with E-state index in [0.717, 1.165) is 17.7 Å². The quantitative estimate of drug-likeness (QED) is 0.741. The van der Waals surface area contributed by atoms with Crippen molar-refractivity contribution in [3.05, 3.63) is 65.2 Å². The number of benzene rings is 2. The van der Waals surface area contributed by atoms with Crippen molar-refractivity contribution in [3.8, 4) is 0 Å². The molecule has 1 N–H and O–H groups in total. The fraction of sp³-hybridized carbons (Fsp3) is 0.350. The Labute approximate surface area is 160 Å². The third-order valence-electron chi connectivity index (χ3n) is 4.21. The molecule has 0 spiro atoms. The van der Waals surface area contributed by atoms with Gasteiger partial charge in [0.25, 0.3) is 0 Å². The van der Waals surface area contributed by atoms with Gasteiger partial charge in [0, 0.05) is 12.0 Å². The third-order valence-corrected chi connectivity index (χ3v) is 6.32. The molecule has 0 saturated heterocycles. The van der Waals surface area contributed by atoms with Gasteiger partial charge in [0.1, 0.15) is 0 Å². The SMILES string of the molecule is CC[C@H](NC(=O)CSCc1ccccc1C)c1ccc(S(C)(=O)=O)cc1. The smallest absolute Gasteiger partial charge is 0.230 e. The lowest BCUT2D eigenvalue weighted by molar-refractivity contribution is -0.119. The highest BCUT2D eigenvalue weighted by atomic mass is 32.2.